The fourth-order valence-corrected chi connectivity index (χ4v) is 1.38. The fourth-order valence-electron chi connectivity index (χ4n) is 1.38. The van der Waals surface area contributed by atoms with Crippen LogP contribution in [0.3, 0.4) is 0 Å². The van der Waals surface area contributed by atoms with Gasteiger partial charge >= 0.3 is 0 Å². The summed E-state index contributed by atoms with van der Waals surface area (Å²) in [7, 11) is 0. The lowest BCUT2D eigenvalue weighted by molar-refractivity contribution is 0.112. The molecule has 0 saturated heterocycles. The SMILES string of the molecule is CC(C)(C)c1c(F)cc(C=O)cc1F. The molecule has 76 valence electrons. The molecule has 0 fully saturated rings. The maximum Gasteiger partial charge on any atom is 0.150 e. The second kappa shape index (κ2) is 3.48. The molecule has 1 aromatic carbocycles. The van der Waals surface area contributed by atoms with E-state index < -0.39 is 17.0 Å². The molecule has 0 atom stereocenters. The number of carbonyl (C=O) groups excluding carboxylic acids is 1. The van der Waals surface area contributed by atoms with Gasteiger partial charge in [0, 0.05) is 11.1 Å². The normalized spacial score (nSPS) is 11.5. The zero-order chi connectivity index (χ0) is 10.9. The average molecular weight is 198 g/mol. The van der Waals surface area contributed by atoms with Crippen molar-refractivity contribution < 1.29 is 13.6 Å². The van der Waals surface area contributed by atoms with Crippen molar-refractivity contribution in [1.82, 2.24) is 0 Å². The summed E-state index contributed by atoms with van der Waals surface area (Å²) in [6.45, 7) is 5.15. The molecule has 1 rings (SSSR count). The lowest BCUT2D eigenvalue weighted by atomic mass is 9.85. The molecule has 0 amide bonds. The lowest BCUT2D eigenvalue weighted by Gasteiger charge is -2.20. The van der Waals surface area contributed by atoms with Gasteiger partial charge in [-0.25, -0.2) is 8.78 Å². The molecule has 0 aliphatic rings. The molecule has 14 heavy (non-hydrogen) atoms. The minimum atomic E-state index is -0.667. The number of carbonyl (C=O) groups is 1. The Morgan fingerprint density at radius 1 is 1.14 bits per heavy atom. The number of rotatable bonds is 1. The van der Waals surface area contributed by atoms with E-state index >= 15 is 0 Å². The highest BCUT2D eigenvalue weighted by molar-refractivity contribution is 5.74. The largest absolute Gasteiger partial charge is 0.298 e. The predicted octanol–water partition coefficient (Wildman–Crippen LogP) is 3.07. The highest BCUT2D eigenvalue weighted by atomic mass is 19.1. The molecule has 0 radical (unpaired) electrons. The van der Waals surface area contributed by atoms with Gasteiger partial charge in [0.25, 0.3) is 0 Å². The van der Waals surface area contributed by atoms with Crippen LogP contribution in [-0.2, 0) is 5.41 Å². The predicted molar refractivity (Wildman–Crippen MR) is 50.4 cm³/mol. The van der Waals surface area contributed by atoms with Crippen LogP contribution in [0.2, 0.25) is 0 Å². The maximum atomic E-state index is 13.4. The number of benzene rings is 1. The van der Waals surface area contributed by atoms with Gasteiger partial charge in [0.15, 0.2) is 0 Å². The Morgan fingerprint density at radius 3 is 1.86 bits per heavy atom. The van der Waals surface area contributed by atoms with Crippen LogP contribution in [0.15, 0.2) is 12.1 Å². The molecule has 0 N–H and O–H groups in total. The van der Waals surface area contributed by atoms with Crippen LogP contribution in [-0.4, -0.2) is 6.29 Å². The molecule has 1 aromatic rings. The second-order valence-electron chi connectivity index (χ2n) is 4.23. The number of halogens is 2. The molecule has 0 unspecified atom stereocenters. The highest BCUT2D eigenvalue weighted by Gasteiger charge is 2.23. The van der Waals surface area contributed by atoms with Gasteiger partial charge in [-0.15, -0.1) is 0 Å². The lowest BCUT2D eigenvalue weighted by Crippen LogP contribution is -2.16. The Bertz CT molecular complexity index is 341. The fraction of sp³-hybridized carbons (Fsp3) is 0.364. The quantitative estimate of drug-likeness (QED) is 0.634. The van der Waals surface area contributed by atoms with Crippen molar-refractivity contribution >= 4 is 6.29 Å². The van der Waals surface area contributed by atoms with E-state index in [2.05, 4.69) is 0 Å². The monoisotopic (exact) mass is 198 g/mol. The van der Waals surface area contributed by atoms with Gasteiger partial charge in [-0.2, -0.15) is 0 Å². The number of aldehydes is 1. The van der Waals surface area contributed by atoms with E-state index in [9.17, 15) is 13.6 Å². The van der Waals surface area contributed by atoms with Crippen molar-refractivity contribution in [2.24, 2.45) is 0 Å². The third kappa shape index (κ3) is 1.97. The van der Waals surface area contributed by atoms with Crippen LogP contribution in [0.1, 0.15) is 36.7 Å². The van der Waals surface area contributed by atoms with E-state index in [1.165, 1.54) is 0 Å². The van der Waals surface area contributed by atoms with Crippen LogP contribution in [0.4, 0.5) is 8.78 Å². The van der Waals surface area contributed by atoms with Crippen LogP contribution >= 0.6 is 0 Å². The van der Waals surface area contributed by atoms with Crippen molar-refractivity contribution in [3.8, 4) is 0 Å². The average Bonchev–Trinajstić information content (AvgIpc) is 1.99. The zero-order valence-corrected chi connectivity index (χ0v) is 8.40. The van der Waals surface area contributed by atoms with Crippen LogP contribution in [0.5, 0.6) is 0 Å². The van der Waals surface area contributed by atoms with Crippen LogP contribution in [0.25, 0.3) is 0 Å². The summed E-state index contributed by atoms with van der Waals surface area (Å²) in [5.41, 5.74) is -0.564. The summed E-state index contributed by atoms with van der Waals surface area (Å²) < 4.78 is 26.8. The second-order valence-corrected chi connectivity index (χ2v) is 4.23. The van der Waals surface area contributed by atoms with Crippen molar-refractivity contribution in [2.75, 3.05) is 0 Å². The van der Waals surface area contributed by atoms with E-state index in [1.54, 1.807) is 20.8 Å². The Labute approximate surface area is 81.7 Å². The van der Waals surface area contributed by atoms with Crippen molar-refractivity contribution in [3.63, 3.8) is 0 Å². The van der Waals surface area contributed by atoms with E-state index in [4.69, 9.17) is 0 Å². The van der Waals surface area contributed by atoms with Crippen molar-refractivity contribution in [1.29, 1.82) is 0 Å². The Kier molecular flexibility index (Phi) is 2.69. The first-order chi connectivity index (χ1) is 6.36. The highest BCUT2D eigenvalue weighted by Crippen LogP contribution is 2.28. The van der Waals surface area contributed by atoms with E-state index in [0.717, 1.165) is 12.1 Å². The summed E-state index contributed by atoms with van der Waals surface area (Å²) >= 11 is 0. The molecule has 1 nitrogen and oxygen atoms in total. The Balaban J connectivity index is 3.40. The first-order valence-corrected chi connectivity index (χ1v) is 4.31. The number of hydrogen-bond acceptors (Lipinski definition) is 1. The first-order valence-electron chi connectivity index (χ1n) is 4.31. The smallest absolute Gasteiger partial charge is 0.150 e. The van der Waals surface area contributed by atoms with Crippen LogP contribution in [0, 0.1) is 11.6 Å². The Hall–Kier alpha value is -1.25. The third-order valence-electron chi connectivity index (χ3n) is 1.95. The van der Waals surface area contributed by atoms with Crippen LogP contribution < -0.4 is 0 Å². The van der Waals surface area contributed by atoms with Gasteiger partial charge in [-0.05, 0) is 17.5 Å². The molecule has 0 saturated carbocycles. The maximum absolute atomic E-state index is 13.4. The summed E-state index contributed by atoms with van der Waals surface area (Å²) in [6, 6.07) is 2.10. The van der Waals surface area contributed by atoms with E-state index in [-0.39, 0.29) is 11.1 Å². The topological polar surface area (TPSA) is 17.1 Å². The molecule has 3 heteroatoms. The number of hydrogen-bond donors (Lipinski definition) is 0. The first kappa shape index (κ1) is 10.8. The standard InChI is InChI=1S/C11H12F2O/c1-11(2,3)10-8(12)4-7(6-14)5-9(10)13/h4-6H,1-3H3. The van der Waals surface area contributed by atoms with Gasteiger partial charge < -0.3 is 0 Å². The van der Waals surface area contributed by atoms with Crippen molar-refractivity contribution in [2.45, 2.75) is 26.2 Å². The summed E-state index contributed by atoms with van der Waals surface area (Å²) in [4.78, 5) is 10.3. The summed E-state index contributed by atoms with van der Waals surface area (Å²) in [5, 5.41) is 0. The van der Waals surface area contributed by atoms with Crippen molar-refractivity contribution in [3.05, 3.63) is 34.9 Å². The van der Waals surface area contributed by atoms with E-state index in [0.29, 0.717) is 6.29 Å². The molecule has 0 aliphatic carbocycles. The Morgan fingerprint density at radius 2 is 1.57 bits per heavy atom. The molecule has 0 spiro atoms. The van der Waals surface area contributed by atoms with Gasteiger partial charge in [-0.3, -0.25) is 4.79 Å². The van der Waals surface area contributed by atoms with Gasteiger partial charge in [-0.1, -0.05) is 20.8 Å². The van der Waals surface area contributed by atoms with E-state index in [1.807, 2.05) is 0 Å². The minimum Gasteiger partial charge on any atom is -0.298 e. The summed E-state index contributed by atoms with van der Waals surface area (Å²) in [5.74, 6) is -1.33. The van der Waals surface area contributed by atoms with Gasteiger partial charge in [0.2, 0.25) is 0 Å². The molecular weight excluding hydrogens is 186 g/mol. The third-order valence-corrected chi connectivity index (χ3v) is 1.95. The molecule has 0 aliphatic heterocycles. The minimum absolute atomic E-state index is 0.0168. The molecule has 0 aromatic heterocycles. The molecular formula is C11H12F2O. The molecule has 0 heterocycles. The van der Waals surface area contributed by atoms with Gasteiger partial charge in [0.05, 0.1) is 0 Å². The summed E-state index contributed by atoms with van der Waals surface area (Å²) in [6.07, 6.45) is 0.429. The zero-order valence-electron chi connectivity index (χ0n) is 8.40. The van der Waals surface area contributed by atoms with Gasteiger partial charge in [0.1, 0.15) is 17.9 Å². The molecule has 0 bridgehead atoms.